The van der Waals surface area contributed by atoms with Crippen molar-refractivity contribution in [3.05, 3.63) is 183 Å². The van der Waals surface area contributed by atoms with E-state index < -0.39 is 0 Å². The van der Waals surface area contributed by atoms with Crippen molar-refractivity contribution >= 4 is 0 Å². The quantitative estimate of drug-likeness (QED) is 0.297. The first-order valence-corrected chi connectivity index (χ1v) is 20.1. The Bertz CT molecular complexity index is 2120. The summed E-state index contributed by atoms with van der Waals surface area (Å²) >= 11 is 0. The van der Waals surface area contributed by atoms with Gasteiger partial charge in [0.25, 0.3) is 0 Å². The van der Waals surface area contributed by atoms with E-state index in [0.29, 0.717) is 23.7 Å². The molecule has 2 heterocycles. The van der Waals surface area contributed by atoms with Gasteiger partial charge in [0.2, 0.25) is 0 Å². The van der Waals surface area contributed by atoms with Crippen molar-refractivity contribution in [3.8, 4) is 5.75 Å². The van der Waals surface area contributed by atoms with Gasteiger partial charge in [-0.15, -0.1) is 0 Å². The van der Waals surface area contributed by atoms with E-state index in [0.717, 1.165) is 62.2 Å². The second-order valence-electron chi connectivity index (χ2n) is 16.4. The Morgan fingerprint density at radius 2 is 1.73 bits per heavy atom. The van der Waals surface area contributed by atoms with Gasteiger partial charge in [0, 0.05) is 41.2 Å². The molecule has 8 atom stereocenters. The second kappa shape index (κ2) is 12.8. The maximum absolute atomic E-state index is 7.08. The molecule has 7 unspecified atom stereocenters. The Morgan fingerprint density at radius 3 is 2.62 bits per heavy atom. The van der Waals surface area contributed by atoms with Gasteiger partial charge in [-0.05, 0) is 107 Å². The Hall–Kier alpha value is -4.56. The Kier molecular flexibility index (Phi) is 7.93. The summed E-state index contributed by atoms with van der Waals surface area (Å²) in [5.41, 5.74) is 14.8. The van der Waals surface area contributed by atoms with Crippen LogP contribution in [0.15, 0.2) is 178 Å². The van der Waals surface area contributed by atoms with Gasteiger partial charge >= 0.3 is 0 Å². The van der Waals surface area contributed by atoms with Gasteiger partial charge in [0.15, 0.2) is 0 Å². The van der Waals surface area contributed by atoms with E-state index in [1.807, 2.05) is 0 Å². The molecule has 1 aromatic carbocycles. The van der Waals surface area contributed by atoms with E-state index in [2.05, 4.69) is 130 Å². The van der Waals surface area contributed by atoms with Crippen LogP contribution in [0.5, 0.6) is 5.75 Å². The van der Waals surface area contributed by atoms with Crippen molar-refractivity contribution in [2.24, 2.45) is 35.5 Å². The fourth-order valence-corrected chi connectivity index (χ4v) is 11.2. The summed E-state index contributed by atoms with van der Waals surface area (Å²) in [5, 5.41) is 0. The minimum atomic E-state index is 0.0346. The zero-order chi connectivity index (χ0) is 34.9. The van der Waals surface area contributed by atoms with Gasteiger partial charge in [0.05, 0.1) is 5.92 Å². The Balaban J connectivity index is 1.09. The number of hydrogen-bond acceptors (Lipinski definition) is 2. The molecule has 52 heavy (non-hydrogen) atoms. The van der Waals surface area contributed by atoms with Crippen LogP contribution in [0.4, 0.5) is 0 Å². The van der Waals surface area contributed by atoms with Gasteiger partial charge in [-0.2, -0.15) is 0 Å². The lowest BCUT2D eigenvalue weighted by Crippen LogP contribution is -2.37. The molecule has 0 N–H and O–H groups in total. The highest BCUT2D eigenvalue weighted by Gasteiger charge is 2.53. The van der Waals surface area contributed by atoms with Gasteiger partial charge in [-0.3, -0.25) is 0 Å². The summed E-state index contributed by atoms with van der Waals surface area (Å²) in [6, 6.07) is 8.74. The molecule has 0 fully saturated rings. The SMILES string of the molecule is C=CC1=C(CCC)OC2=C(C3=C4CCC=CC4=C(C4C=CC=C(C5=CC=C6C=CCC(C)C6C5)C4)C4C=CC=CC34)CC3c4ccccc4OC3[C@@H]12. The van der Waals surface area contributed by atoms with Gasteiger partial charge in [-0.1, -0.05) is 124 Å². The number of rotatable bonds is 6. The molecular weight excluding hydrogens is 633 g/mol. The van der Waals surface area contributed by atoms with Crippen LogP contribution in [0.3, 0.4) is 0 Å². The van der Waals surface area contributed by atoms with Crippen molar-refractivity contribution in [2.45, 2.75) is 77.2 Å². The standard InChI is InChI=1S/C50H50O2/c1-4-14-44-35(5-2)48-49-42(36-19-10-11-24-45(36)52-49)29-43(50(48)51-44)47-39-22-8-6-20-37(39)46(38-21-7-9-23-40(38)47)34-18-13-17-32(27-34)33-26-25-31-16-12-15-30(3)41(31)28-33/h5-8,10-13,16-22,24-26,30,34,37,39,41-42,48-49H,2,4,9,14-15,23,27-29H2,1,3H3/t30?,34?,37?,39?,41?,42?,48-,49?/m1/s1. The van der Waals surface area contributed by atoms with Crippen molar-refractivity contribution < 1.29 is 9.47 Å². The minimum absolute atomic E-state index is 0.0346. The van der Waals surface area contributed by atoms with E-state index in [4.69, 9.17) is 9.47 Å². The molecule has 2 nitrogen and oxygen atoms in total. The zero-order valence-electron chi connectivity index (χ0n) is 30.7. The molecule has 0 spiro atoms. The summed E-state index contributed by atoms with van der Waals surface area (Å²) in [6.07, 6.45) is 42.0. The fraction of sp³-hybridized carbons (Fsp3) is 0.360. The molecule has 0 aromatic heterocycles. The molecule has 0 bridgehead atoms. The number of allylic oxidation sites excluding steroid dienone is 23. The number of ether oxygens (including phenoxy) is 2. The van der Waals surface area contributed by atoms with E-state index in [1.165, 1.54) is 45.4 Å². The molecule has 0 radical (unpaired) electrons. The predicted octanol–water partition coefficient (Wildman–Crippen LogP) is 12.4. The average molecular weight is 683 g/mol. The van der Waals surface area contributed by atoms with Crippen LogP contribution in [0.25, 0.3) is 0 Å². The normalized spacial score (nSPS) is 33.7. The monoisotopic (exact) mass is 682 g/mol. The molecule has 262 valence electrons. The molecule has 0 amide bonds. The highest BCUT2D eigenvalue weighted by molar-refractivity contribution is 5.64. The average Bonchev–Trinajstić information content (AvgIpc) is 3.75. The van der Waals surface area contributed by atoms with Crippen molar-refractivity contribution in [1.29, 1.82) is 0 Å². The van der Waals surface area contributed by atoms with Crippen LogP contribution in [-0.2, 0) is 4.74 Å². The lowest BCUT2D eigenvalue weighted by molar-refractivity contribution is 0.136. The van der Waals surface area contributed by atoms with E-state index in [1.54, 1.807) is 16.7 Å². The molecule has 0 saturated carbocycles. The molecular formula is C50H50O2. The summed E-state index contributed by atoms with van der Waals surface area (Å²) in [7, 11) is 0. The van der Waals surface area contributed by atoms with Gasteiger partial charge in [0.1, 0.15) is 23.4 Å². The Morgan fingerprint density at radius 1 is 0.865 bits per heavy atom. The molecule has 2 heteroatoms. The van der Waals surface area contributed by atoms with Crippen LogP contribution >= 0.6 is 0 Å². The molecule has 9 aliphatic rings. The van der Waals surface area contributed by atoms with E-state index >= 15 is 0 Å². The number of hydrogen-bond donors (Lipinski definition) is 0. The molecule has 2 aliphatic heterocycles. The van der Waals surface area contributed by atoms with Crippen LogP contribution in [0, 0.1) is 35.5 Å². The predicted molar refractivity (Wildman–Crippen MR) is 212 cm³/mol. The largest absolute Gasteiger partial charge is 0.488 e. The van der Waals surface area contributed by atoms with E-state index in [-0.39, 0.29) is 23.9 Å². The summed E-state index contributed by atoms with van der Waals surface area (Å²) in [6.45, 7) is 9.01. The van der Waals surface area contributed by atoms with Crippen molar-refractivity contribution in [1.82, 2.24) is 0 Å². The third-order valence-electron chi connectivity index (χ3n) is 13.6. The topological polar surface area (TPSA) is 18.5 Å². The van der Waals surface area contributed by atoms with Crippen LogP contribution in [0.1, 0.15) is 76.7 Å². The third-order valence-corrected chi connectivity index (χ3v) is 13.6. The maximum atomic E-state index is 7.08. The van der Waals surface area contributed by atoms with Crippen LogP contribution < -0.4 is 4.74 Å². The maximum Gasteiger partial charge on any atom is 0.123 e. The number of fused-ring (bicyclic) bond motifs is 8. The molecule has 1 aromatic rings. The summed E-state index contributed by atoms with van der Waals surface area (Å²) in [4.78, 5) is 0. The zero-order valence-corrected chi connectivity index (χ0v) is 30.7. The van der Waals surface area contributed by atoms with E-state index in [9.17, 15) is 0 Å². The first kappa shape index (κ1) is 32.1. The highest BCUT2D eigenvalue weighted by Crippen LogP contribution is 2.60. The number of para-hydroxylation sites is 1. The van der Waals surface area contributed by atoms with Crippen LogP contribution in [-0.4, -0.2) is 6.10 Å². The first-order valence-electron chi connectivity index (χ1n) is 20.1. The first-order chi connectivity index (χ1) is 25.6. The number of benzene rings is 1. The fourth-order valence-electron chi connectivity index (χ4n) is 11.2. The third kappa shape index (κ3) is 4.97. The minimum Gasteiger partial charge on any atom is -0.488 e. The molecule has 0 saturated heterocycles. The van der Waals surface area contributed by atoms with Gasteiger partial charge in [-0.25, -0.2) is 0 Å². The second-order valence-corrected chi connectivity index (χ2v) is 16.4. The van der Waals surface area contributed by atoms with Crippen LogP contribution in [0.2, 0.25) is 0 Å². The van der Waals surface area contributed by atoms with Crippen molar-refractivity contribution in [2.75, 3.05) is 0 Å². The highest BCUT2D eigenvalue weighted by atomic mass is 16.5. The molecule has 10 rings (SSSR count). The smallest absolute Gasteiger partial charge is 0.123 e. The Labute approximate surface area is 310 Å². The summed E-state index contributed by atoms with van der Waals surface area (Å²) < 4.78 is 13.9. The van der Waals surface area contributed by atoms with Crippen molar-refractivity contribution in [3.63, 3.8) is 0 Å². The molecule has 7 aliphatic carbocycles. The lowest BCUT2D eigenvalue weighted by Gasteiger charge is -2.44. The van der Waals surface area contributed by atoms with Gasteiger partial charge < -0.3 is 9.47 Å². The summed E-state index contributed by atoms with van der Waals surface area (Å²) in [5.74, 6) is 5.93. The lowest BCUT2D eigenvalue weighted by atomic mass is 9.60.